The first-order valence-corrected chi connectivity index (χ1v) is 16.5. The lowest BCUT2D eigenvalue weighted by Crippen LogP contribution is -2.63. The van der Waals surface area contributed by atoms with Crippen LogP contribution in [0.3, 0.4) is 0 Å². The quantitative estimate of drug-likeness (QED) is 0.374. The Labute approximate surface area is 245 Å². The van der Waals surface area contributed by atoms with E-state index in [0.29, 0.717) is 24.4 Å². The molecule has 7 aliphatic rings. The lowest BCUT2D eigenvalue weighted by molar-refractivity contribution is -0.306. The normalized spacial score (nSPS) is 60.7. The monoisotopic (exact) mass is 578 g/mol. The molecular weight excluding hydrogens is 524 g/mol. The third-order valence-corrected chi connectivity index (χ3v) is 14.6. The SMILES string of the molecule is CCOC1CC(C)C2C(CC3(C)C4CC(O)C5C(C)(C)C(OC6OCC(O)C(O)C6O)CCC56CC46CCC23C)O1. The summed E-state index contributed by atoms with van der Waals surface area (Å²) in [5, 5.41) is 42.8. The van der Waals surface area contributed by atoms with Crippen molar-refractivity contribution < 1.29 is 39.4 Å². The zero-order chi connectivity index (χ0) is 29.3. The van der Waals surface area contributed by atoms with Crippen LogP contribution in [0.4, 0.5) is 0 Å². The molecule has 8 nitrogen and oxygen atoms in total. The first-order chi connectivity index (χ1) is 19.3. The van der Waals surface area contributed by atoms with Crippen LogP contribution in [-0.2, 0) is 18.9 Å². The van der Waals surface area contributed by atoms with Crippen LogP contribution in [0.2, 0.25) is 0 Å². The first kappa shape index (κ1) is 29.4. The summed E-state index contributed by atoms with van der Waals surface area (Å²) in [6, 6.07) is 0. The third-order valence-electron chi connectivity index (χ3n) is 14.6. The molecule has 2 aliphatic heterocycles. The van der Waals surface area contributed by atoms with Crippen molar-refractivity contribution in [2.24, 2.45) is 50.7 Å². The van der Waals surface area contributed by atoms with E-state index >= 15 is 0 Å². The maximum absolute atomic E-state index is 12.1. The Kier molecular flexibility index (Phi) is 6.70. The van der Waals surface area contributed by atoms with Crippen LogP contribution in [0.15, 0.2) is 0 Å². The smallest absolute Gasteiger partial charge is 0.186 e. The standard InChI is InChI=1S/C33H54O8/c1-7-38-23-12-17(2)24-20(40-23)14-31(6)21-13-18(34)27-29(3,4)22(41-28-26(37)25(36)19(35)15-39-28)8-9-33(27)16-32(21,33)11-10-30(24,31)5/h17-28,34-37H,7-16H2,1-6H3. The predicted octanol–water partition coefficient (Wildman–Crippen LogP) is 3.62. The molecule has 0 bridgehead atoms. The summed E-state index contributed by atoms with van der Waals surface area (Å²) < 4.78 is 24.7. The second-order valence-electron chi connectivity index (χ2n) is 16.4. The zero-order valence-electron chi connectivity index (χ0n) is 25.9. The fourth-order valence-corrected chi connectivity index (χ4v) is 12.9. The highest BCUT2D eigenvalue weighted by Crippen LogP contribution is 2.89. The van der Waals surface area contributed by atoms with Gasteiger partial charge >= 0.3 is 0 Å². The molecule has 0 radical (unpaired) electrons. The van der Waals surface area contributed by atoms with E-state index in [0.717, 1.165) is 32.1 Å². The Morgan fingerprint density at radius 2 is 1.63 bits per heavy atom. The number of fused-ring (bicyclic) bond motifs is 4. The maximum Gasteiger partial charge on any atom is 0.186 e. The predicted molar refractivity (Wildman–Crippen MR) is 150 cm³/mol. The van der Waals surface area contributed by atoms with Gasteiger partial charge in [0.25, 0.3) is 0 Å². The van der Waals surface area contributed by atoms with Gasteiger partial charge in [-0.1, -0.05) is 34.6 Å². The van der Waals surface area contributed by atoms with Gasteiger partial charge in [-0.15, -0.1) is 0 Å². The molecule has 5 aliphatic carbocycles. The highest BCUT2D eigenvalue weighted by molar-refractivity contribution is 5.32. The van der Waals surface area contributed by atoms with Gasteiger partial charge in [-0.3, -0.25) is 0 Å². The molecule has 2 saturated heterocycles. The van der Waals surface area contributed by atoms with E-state index in [1.807, 2.05) is 6.92 Å². The summed E-state index contributed by atoms with van der Waals surface area (Å²) >= 11 is 0. The van der Waals surface area contributed by atoms with Gasteiger partial charge in [0.15, 0.2) is 12.6 Å². The van der Waals surface area contributed by atoms with Crippen LogP contribution < -0.4 is 0 Å². The van der Waals surface area contributed by atoms with Crippen molar-refractivity contribution >= 4 is 0 Å². The molecule has 234 valence electrons. The minimum Gasteiger partial charge on any atom is -0.393 e. The zero-order valence-corrected chi connectivity index (χ0v) is 25.9. The molecular formula is C33H54O8. The van der Waals surface area contributed by atoms with E-state index in [1.165, 1.54) is 19.3 Å². The van der Waals surface area contributed by atoms with Gasteiger partial charge in [-0.2, -0.15) is 0 Å². The summed E-state index contributed by atoms with van der Waals surface area (Å²) in [5.74, 6) is 1.67. The summed E-state index contributed by atoms with van der Waals surface area (Å²) in [7, 11) is 0. The van der Waals surface area contributed by atoms with Crippen molar-refractivity contribution in [1.82, 2.24) is 0 Å². The molecule has 2 heterocycles. The Balaban J connectivity index is 1.15. The van der Waals surface area contributed by atoms with Gasteiger partial charge in [0.1, 0.15) is 18.3 Å². The van der Waals surface area contributed by atoms with Crippen LogP contribution in [0.5, 0.6) is 0 Å². The Hall–Kier alpha value is -0.320. The van der Waals surface area contributed by atoms with Crippen molar-refractivity contribution in [3.63, 3.8) is 0 Å². The minimum absolute atomic E-state index is 0.0657. The lowest BCUT2D eigenvalue weighted by Gasteiger charge is -2.64. The summed E-state index contributed by atoms with van der Waals surface area (Å²) in [6.07, 6.45) is 3.14. The molecule has 0 aromatic heterocycles. The van der Waals surface area contributed by atoms with Crippen molar-refractivity contribution in [3.05, 3.63) is 0 Å². The molecule has 0 aromatic carbocycles. The average Bonchev–Trinajstić information content (AvgIpc) is 3.47. The molecule has 2 spiro atoms. The molecule has 16 unspecified atom stereocenters. The molecule has 7 fully saturated rings. The molecule has 8 heteroatoms. The fourth-order valence-electron chi connectivity index (χ4n) is 12.9. The van der Waals surface area contributed by atoms with Gasteiger partial charge in [-0.25, -0.2) is 0 Å². The van der Waals surface area contributed by atoms with E-state index in [1.54, 1.807) is 0 Å². The second-order valence-corrected chi connectivity index (χ2v) is 16.4. The number of rotatable bonds is 4. The first-order valence-electron chi connectivity index (χ1n) is 16.5. The summed E-state index contributed by atoms with van der Waals surface area (Å²) in [5.41, 5.74) is 0.337. The van der Waals surface area contributed by atoms with Gasteiger partial charge in [0, 0.05) is 13.0 Å². The van der Waals surface area contributed by atoms with Crippen molar-refractivity contribution in [3.8, 4) is 0 Å². The number of hydrogen-bond donors (Lipinski definition) is 4. The molecule has 0 amide bonds. The Morgan fingerprint density at radius 1 is 0.878 bits per heavy atom. The third kappa shape index (κ3) is 3.68. The number of aliphatic hydroxyl groups excluding tert-OH is 4. The van der Waals surface area contributed by atoms with Gasteiger partial charge in [-0.05, 0) is 103 Å². The maximum atomic E-state index is 12.1. The van der Waals surface area contributed by atoms with Crippen molar-refractivity contribution in [2.45, 2.75) is 142 Å². The molecule has 4 N–H and O–H groups in total. The average molecular weight is 579 g/mol. The fraction of sp³-hybridized carbons (Fsp3) is 1.00. The van der Waals surface area contributed by atoms with E-state index in [4.69, 9.17) is 18.9 Å². The van der Waals surface area contributed by atoms with Crippen molar-refractivity contribution in [2.75, 3.05) is 13.2 Å². The lowest BCUT2D eigenvalue weighted by atomic mass is 9.41. The molecule has 0 aromatic rings. The molecule has 41 heavy (non-hydrogen) atoms. The Bertz CT molecular complexity index is 1040. The van der Waals surface area contributed by atoms with E-state index in [9.17, 15) is 20.4 Å². The molecule has 7 rings (SSSR count). The number of ether oxygens (including phenoxy) is 4. The topological polar surface area (TPSA) is 118 Å². The summed E-state index contributed by atoms with van der Waals surface area (Å²) in [6.45, 7) is 14.6. The van der Waals surface area contributed by atoms with Crippen molar-refractivity contribution in [1.29, 1.82) is 0 Å². The van der Waals surface area contributed by atoms with E-state index in [-0.39, 0.29) is 58.1 Å². The molecule has 16 atom stereocenters. The second kappa shape index (κ2) is 9.35. The van der Waals surface area contributed by atoms with Gasteiger partial charge < -0.3 is 39.4 Å². The largest absolute Gasteiger partial charge is 0.393 e. The minimum atomic E-state index is -1.30. The highest BCUT2D eigenvalue weighted by atomic mass is 16.7. The van der Waals surface area contributed by atoms with Gasteiger partial charge in [0.05, 0.1) is 24.9 Å². The van der Waals surface area contributed by atoms with Crippen LogP contribution in [0, 0.1) is 50.7 Å². The number of hydrogen-bond acceptors (Lipinski definition) is 8. The molecule has 5 saturated carbocycles. The Morgan fingerprint density at radius 3 is 2.37 bits per heavy atom. The van der Waals surface area contributed by atoms with E-state index in [2.05, 4.69) is 34.6 Å². The highest BCUT2D eigenvalue weighted by Gasteiger charge is 2.84. The van der Waals surface area contributed by atoms with E-state index < -0.39 is 30.7 Å². The van der Waals surface area contributed by atoms with Crippen LogP contribution in [0.1, 0.15) is 92.9 Å². The van der Waals surface area contributed by atoms with Crippen LogP contribution in [-0.4, -0.2) is 82.8 Å². The van der Waals surface area contributed by atoms with Crippen LogP contribution in [0.25, 0.3) is 0 Å². The number of aliphatic hydroxyl groups is 4. The van der Waals surface area contributed by atoms with Crippen LogP contribution >= 0.6 is 0 Å². The van der Waals surface area contributed by atoms with Gasteiger partial charge in [0.2, 0.25) is 0 Å². The summed E-state index contributed by atoms with van der Waals surface area (Å²) in [4.78, 5) is 0.